The second-order valence-corrected chi connectivity index (χ2v) is 6.43. The lowest BCUT2D eigenvalue weighted by molar-refractivity contribution is -0.0154. The third-order valence-corrected chi connectivity index (χ3v) is 5.25. The van der Waals surface area contributed by atoms with E-state index in [-0.39, 0.29) is 0 Å². The van der Waals surface area contributed by atoms with Crippen LogP contribution < -0.4 is 5.32 Å². The predicted molar refractivity (Wildman–Crippen MR) is 77.3 cm³/mol. The fourth-order valence-corrected chi connectivity index (χ4v) is 4.30. The van der Waals surface area contributed by atoms with Crippen molar-refractivity contribution in [3.8, 4) is 0 Å². The highest BCUT2D eigenvalue weighted by Gasteiger charge is 2.55. The van der Waals surface area contributed by atoms with Crippen LogP contribution in [-0.4, -0.2) is 13.1 Å². The van der Waals surface area contributed by atoms with Crippen molar-refractivity contribution in [2.24, 2.45) is 11.3 Å². The second-order valence-electron chi connectivity index (χ2n) is 5.52. The first-order valence-corrected chi connectivity index (χ1v) is 7.26. The first kappa shape index (κ1) is 13.1. The minimum atomic E-state index is 0.384. The minimum Gasteiger partial charge on any atom is -0.316 e. The van der Waals surface area contributed by atoms with Gasteiger partial charge in [0.05, 0.1) is 0 Å². The van der Waals surface area contributed by atoms with Crippen LogP contribution >= 0.6 is 15.9 Å². The molecule has 17 heavy (non-hydrogen) atoms. The van der Waals surface area contributed by atoms with E-state index in [2.05, 4.69) is 73.3 Å². The quantitative estimate of drug-likeness (QED) is 0.882. The van der Waals surface area contributed by atoms with Gasteiger partial charge in [0, 0.05) is 10.5 Å². The Hall–Kier alpha value is -0.340. The molecule has 1 nitrogen and oxygen atoms in total. The van der Waals surface area contributed by atoms with Crippen LogP contribution in [0.1, 0.15) is 38.7 Å². The predicted octanol–water partition coefficient (Wildman–Crippen LogP) is 4.19. The average Bonchev–Trinajstić information content (AvgIpc) is 2.29. The zero-order chi connectivity index (χ0) is 12.6. The summed E-state index contributed by atoms with van der Waals surface area (Å²) < 4.78 is 1.19. The Morgan fingerprint density at radius 2 is 2.12 bits per heavy atom. The lowest BCUT2D eigenvalue weighted by atomic mass is 9.48. The van der Waals surface area contributed by atoms with Gasteiger partial charge in [-0.2, -0.15) is 0 Å². The normalized spacial score (nSPS) is 36.6. The molecule has 1 N–H and O–H groups in total. The fraction of sp³-hybridized carbons (Fsp3) is 0.600. The molecule has 1 aromatic carbocycles. The first-order chi connectivity index (χ1) is 8.04. The van der Waals surface area contributed by atoms with Gasteiger partial charge in [-0.1, -0.05) is 48.8 Å². The van der Waals surface area contributed by atoms with Crippen LogP contribution in [0, 0.1) is 11.3 Å². The average molecular weight is 296 g/mol. The molecule has 1 saturated carbocycles. The van der Waals surface area contributed by atoms with Gasteiger partial charge in [0.15, 0.2) is 0 Å². The molecule has 0 aliphatic heterocycles. The molecule has 2 rings (SSSR count). The molecule has 0 spiro atoms. The summed E-state index contributed by atoms with van der Waals surface area (Å²) in [6.07, 6.45) is 1.22. The number of hydrogen-bond donors (Lipinski definition) is 1. The SMILES string of the molecule is CCC1(C)C(NC)C(C)C1c1cccc(Br)c1. The Labute approximate surface area is 113 Å². The highest BCUT2D eigenvalue weighted by molar-refractivity contribution is 9.10. The van der Waals surface area contributed by atoms with E-state index in [9.17, 15) is 0 Å². The van der Waals surface area contributed by atoms with E-state index in [0.29, 0.717) is 23.3 Å². The van der Waals surface area contributed by atoms with Crippen LogP contribution in [-0.2, 0) is 0 Å². The van der Waals surface area contributed by atoms with Crippen LogP contribution in [0.25, 0.3) is 0 Å². The Morgan fingerprint density at radius 1 is 1.41 bits per heavy atom. The smallest absolute Gasteiger partial charge is 0.0178 e. The van der Waals surface area contributed by atoms with Gasteiger partial charge in [-0.3, -0.25) is 0 Å². The Bertz CT molecular complexity index is 404. The van der Waals surface area contributed by atoms with Crippen LogP contribution in [0.15, 0.2) is 28.7 Å². The monoisotopic (exact) mass is 295 g/mol. The summed E-state index contributed by atoms with van der Waals surface area (Å²) in [5, 5.41) is 3.50. The fourth-order valence-electron chi connectivity index (χ4n) is 3.89. The third kappa shape index (κ3) is 1.96. The minimum absolute atomic E-state index is 0.384. The molecule has 0 aromatic heterocycles. The van der Waals surface area contributed by atoms with Gasteiger partial charge in [-0.15, -0.1) is 0 Å². The van der Waals surface area contributed by atoms with Crippen molar-refractivity contribution < 1.29 is 0 Å². The van der Waals surface area contributed by atoms with Gasteiger partial charge < -0.3 is 5.32 Å². The summed E-state index contributed by atoms with van der Waals surface area (Å²) in [5.41, 5.74) is 1.86. The van der Waals surface area contributed by atoms with E-state index in [0.717, 1.165) is 0 Å². The maximum atomic E-state index is 3.58. The summed E-state index contributed by atoms with van der Waals surface area (Å²) in [6, 6.07) is 9.43. The van der Waals surface area contributed by atoms with Gasteiger partial charge in [0.25, 0.3) is 0 Å². The lowest BCUT2D eigenvalue weighted by Gasteiger charge is -2.59. The summed E-state index contributed by atoms with van der Waals surface area (Å²) in [7, 11) is 2.09. The molecule has 94 valence electrons. The van der Waals surface area contributed by atoms with Gasteiger partial charge in [-0.05, 0) is 48.4 Å². The first-order valence-electron chi connectivity index (χ1n) is 6.47. The van der Waals surface area contributed by atoms with Crippen LogP contribution in [0.2, 0.25) is 0 Å². The molecule has 4 unspecified atom stereocenters. The molecule has 0 bridgehead atoms. The van der Waals surface area contributed by atoms with Gasteiger partial charge in [0.1, 0.15) is 0 Å². The maximum Gasteiger partial charge on any atom is 0.0178 e. The topological polar surface area (TPSA) is 12.0 Å². The Morgan fingerprint density at radius 3 is 2.65 bits per heavy atom. The molecule has 1 aromatic rings. The largest absolute Gasteiger partial charge is 0.316 e. The van der Waals surface area contributed by atoms with Crippen molar-refractivity contribution in [1.82, 2.24) is 5.32 Å². The lowest BCUT2D eigenvalue weighted by Crippen LogP contribution is -2.61. The maximum absolute atomic E-state index is 3.58. The summed E-state index contributed by atoms with van der Waals surface area (Å²) in [6.45, 7) is 7.09. The van der Waals surface area contributed by atoms with E-state index < -0.39 is 0 Å². The highest BCUT2D eigenvalue weighted by Crippen LogP contribution is 2.58. The molecule has 0 heterocycles. The number of nitrogens with one attached hydrogen (secondary N) is 1. The molecule has 0 radical (unpaired) electrons. The number of hydrogen-bond acceptors (Lipinski definition) is 1. The molecule has 2 heteroatoms. The highest BCUT2D eigenvalue weighted by atomic mass is 79.9. The van der Waals surface area contributed by atoms with Crippen molar-refractivity contribution in [1.29, 1.82) is 0 Å². The molecule has 0 saturated heterocycles. The van der Waals surface area contributed by atoms with Crippen molar-refractivity contribution in [3.63, 3.8) is 0 Å². The zero-order valence-electron chi connectivity index (χ0n) is 11.1. The number of rotatable bonds is 3. The van der Waals surface area contributed by atoms with E-state index in [1.165, 1.54) is 16.5 Å². The zero-order valence-corrected chi connectivity index (χ0v) is 12.7. The summed E-state index contributed by atoms with van der Waals surface area (Å²) in [4.78, 5) is 0. The van der Waals surface area contributed by atoms with E-state index in [4.69, 9.17) is 0 Å². The van der Waals surface area contributed by atoms with Crippen molar-refractivity contribution in [3.05, 3.63) is 34.3 Å². The molecule has 0 amide bonds. The van der Waals surface area contributed by atoms with Gasteiger partial charge in [-0.25, -0.2) is 0 Å². The molecule has 1 aliphatic carbocycles. The Balaban J connectivity index is 2.33. The summed E-state index contributed by atoms with van der Waals surface area (Å²) >= 11 is 3.58. The van der Waals surface area contributed by atoms with Gasteiger partial charge >= 0.3 is 0 Å². The van der Waals surface area contributed by atoms with Crippen molar-refractivity contribution >= 4 is 15.9 Å². The molecule has 1 aliphatic rings. The van der Waals surface area contributed by atoms with Crippen LogP contribution in [0.4, 0.5) is 0 Å². The number of halogens is 1. The Kier molecular flexibility index (Phi) is 3.65. The summed E-state index contributed by atoms with van der Waals surface area (Å²) in [5.74, 6) is 1.38. The van der Waals surface area contributed by atoms with Crippen LogP contribution in [0.5, 0.6) is 0 Å². The number of benzene rings is 1. The molecule has 4 atom stereocenters. The standard InChI is InChI=1S/C15H22BrN/c1-5-15(3)13(10(2)14(15)17-4)11-7-6-8-12(16)9-11/h6-10,13-14,17H,5H2,1-4H3. The van der Waals surface area contributed by atoms with Crippen molar-refractivity contribution in [2.75, 3.05) is 7.05 Å². The van der Waals surface area contributed by atoms with Gasteiger partial charge in [0.2, 0.25) is 0 Å². The van der Waals surface area contributed by atoms with E-state index in [1.54, 1.807) is 0 Å². The second kappa shape index (κ2) is 4.74. The van der Waals surface area contributed by atoms with E-state index in [1.807, 2.05) is 0 Å². The molecular weight excluding hydrogens is 274 g/mol. The molecular formula is C15H22BrN. The molecule has 1 fully saturated rings. The van der Waals surface area contributed by atoms with Crippen LogP contribution in [0.3, 0.4) is 0 Å². The van der Waals surface area contributed by atoms with E-state index >= 15 is 0 Å². The third-order valence-electron chi connectivity index (χ3n) is 4.75. The van der Waals surface area contributed by atoms with Crippen molar-refractivity contribution in [2.45, 2.75) is 39.2 Å².